The average Bonchev–Trinajstić information content (AvgIpc) is 3.16. The summed E-state index contributed by atoms with van der Waals surface area (Å²) in [6, 6.07) is 0. The standard InChI is InChI=1S/C31H48O6/c1-17(2)7-5-8-18(3)25-10-11-26-19(9-6-12-31(25,26)4)13-23-21-14-20(32)15-27(33)22(21)16-24(29(34)35)28(23)30(36)37/h13,17-18,20,23-28,32-33H,5-12,14-16H2,1-4H3,(H,34,35)(H,36,37)/b19-13+/t18-,20-,23?,24?,25?,26?,27+,28?,31-/m1/s1. The number of carboxylic acids is 2. The Hall–Kier alpha value is -1.66. The van der Waals surface area contributed by atoms with E-state index >= 15 is 0 Å². The highest BCUT2D eigenvalue weighted by Crippen LogP contribution is 2.60. The lowest BCUT2D eigenvalue weighted by Crippen LogP contribution is -2.44. The maximum absolute atomic E-state index is 12.5. The minimum atomic E-state index is -1.12. The van der Waals surface area contributed by atoms with Gasteiger partial charge in [0.05, 0.1) is 24.0 Å². The Bertz CT molecular complexity index is 934. The highest BCUT2D eigenvalue weighted by Gasteiger charge is 2.52. The molecule has 0 radical (unpaired) electrons. The number of rotatable bonds is 8. The van der Waals surface area contributed by atoms with Crippen LogP contribution in [-0.2, 0) is 9.59 Å². The molecule has 0 bridgehead atoms. The fourth-order valence-corrected chi connectivity index (χ4v) is 8.80. The van der Waals surface area contributed by atoms with Gasteiger partial charge < -0.3 is 20.4 Å². The molecule has 6 heteroatoms. The van der Waals surface area contributed by atoms with Crippen LogP contribution in [-0.4, -0.2) is 44.6 Å². The molecular formula is C31H48O6. The Labute approximate surface area is 222 Å². The summed E-state index contributed by atoms with van der Waals surface area (Å²) in [5.74, 6) is -2.54. The maximum atomic E-state index is 12.5. The molecule has 0 aromatic heterocycles. The first-order valence-electron chi connectivity index (χ1n) is 14.7. The molecular weight excluding hydrogens is 468 g/mol. The lowest BCUT2D eigenvalue weighted by molar-refractivity contribution is -0.155. The van der Waals surface area contributed by atoms with E-state index in [2.05, 4.69) is 33.8 Å². The van der Waals surface area contributed by atoms with Crippen LogP contribution in [0.15, 0.2) is 22.8 Å². The second-order valence-electron chi connectivity index (χ2n) is 13.3. The monoisotopic (exact) mass is 516 g/mol. The predicted molar refractivity (Wildman–Crippen MR) is 143 cm³/mol. The zero-order valence-electron chi connectivity index (χ0n) is 23.2. The van der Waals surface area contributed by atoms with E-state index < -0.39 is 41.9 Å². The summed E-state index contributed by atoms with van der Waals surface area (Å²) in [6.07, 6.45) is 10.3. The van der Waals surface area contributed by atoms with Gasteiger partial charge in [-0.25, -0.2) is 0 Å². The lowest BCUT2D eigenvalue weighted by Gasteiger charge is -2.46. The van der Waals surface area contributed by atoms with Crippen LogP contribution < -0.4 is 0 Å². The van der Waals surface area contributed by atoms with Crippen LogP contribution in [0.2, 0.25) is 0 Å². The number of allylic oxidation sites excluding steroid dienone is 2. The van der Waals surface area contributed by atoms with Crippen molar-refractivity contribution >= 4 is 11.9 Å². The molecule has 0 saturated heterocycles. The number of carboxylic acid groups (broad SMARTS) is 2. The van der Waals surface area contributed by atoms with Crippen molar-refractivity contribution in [2.24, 2.45) is 46.8 Å². The summed E-state index contributed by atoms with van der Waals surface area (Å²) < 4.78 is 0. The summed E-state index contributed by atoms with van der Waals surface area (Å²) in [5.41, 5.74) is 2.89. The number of aliphatic hydroxyl groups excluding tert-OH is 2. The molecule has 0 amide bonds. The van der Waals surface area contributed by atoms with Crippen molar-refractivity contribution < 1.29 is 30.0 Å². The third-order valence-corrected chi connectivity index (χ3v) is 10.6. The Morgan fingerprint density at radius 2 is 1.76 bits per heavy atom. The van der Waals surface area contributed by atoms with Crippen molar-refractivity contribution in [3.05, 3.63) is 22.8 Å². The maximum Gasteiger partial charge on any atom is 0.308 e. The van der Waals surface area contributed by atoms with E-state index in [9.17, 15) is 30.0 Å². The van der Waals surface area contributed by atoms with Crippen LogP contribution in [0.25, 0.3) is 0 Å². The number of carbonyl (C=O) groups is 2. The Morgan fingerprint density at radius 3 is 2.41 bits per heavy atom. The van der Waals surface area contributed by atoms with E-state index in [1.165, 1.54) is 37.7 Å². The molecule has 0 spiro atoms. The topological polar surface area (TPSA) is 115 Å². The van der Waals surface area contributed by atoms with E-state index in [-0.39, 0.29) is 18.3 Å². The second-order valence-corrected chi connectivity index (χ2v) is 13.3. The summed E-state index contributed by atoms with van der Waals surface area (Å²) in [5, 5.41) is 41.4. The first-order chi connectivity index (χ1) is 17.4. The Balaban J connectivity index is 1.67. The van der Waals surface area contributed by atoms with E-state index in [1.54, 1.807) is 0 Å². The molecule has 6 nitrogen and oxygen atoms in total. The quantitative estimate of drug-likeness (QED) is 0.302. The van der Waals surface area contributed by atoms with Gasteiger partial charge in [0.25, 0.3) is 0 Å². The van der Waals surface area contributed by atoms with Crippen LogP contribution in [0.4, 0.5) is 0 Å². The SMILES string of the molecule is CC(C)CCC[C@@H](C)C1CCC2/C(=C/C3C4=C(CC(C(=O)O)C3C(=O)O)[C@@H](O)C[C@H](O)C4)CCC[C@@]21C. The minimum Gasteiger partial charge on any atom is -0.481 e. The first kappa shape index (κ1) is 28.4. The van der Waals surface area contributed by atoms with Crippen molar-refractivity contribution in [1.82, 2.24) is 0 Å². The molecule has 37 heavy (non-hydrogen) atoms. The zero-order valence-corrected chi connectivity index (χ0v) is 23.2. The number of aliphatic hydroxyl groups is 2. The molecule has 4 N–H and O–H groups in total. The van der Waals surface area contributed by atoms with Crippen LogP contribution in [0.1, 0.15) is 98.3 Å². The van der Waals surface area contributed by atoms with Gasteiger partial charge in [0.1, 0.15) is 0 Å². The Morgan fingerprint density at radius 1 is 1.03 bits per heavy atom. The molecule has 4 aliphatic carbocycles. The van der Waals surface area contributed by atoms with Crippen molar-refractivity contribution in [2.75, 3.05) is 0 Å². The van der Waals surface area contributed by atoms with Crippen molar-refractivity contribution in [3.8, 4) is 0 Å². The molecule has 0 aliphatic heterocycles. The van der Waals surface area contributed by atoms with Crippen LogP contribution in [0.5, 0.6) is 0 Å². The van der Waals surface area contributed by atoms with Gasteiger partial charge in [-0.15, -0.1) is 0 Å². The predicted octanol–water partition coefficient (Wildman–Crippen LogP) is 5.83. The lowest BCUT2D eigenvalue weighted by atomic mass is 9.59. The van der Waals surface area contributed by atoms with Gasteiger partial charge in [0.15, 0.2) is 0 Å². The summed E-state index contributed by atoms with van der Waals surface area (Å²) in [4.78, 5) is 24.7. The van der Waals surface area contributed by atoms with Gasteiger partial charge in [-0.2, -0.15) is 0 Å². The molecule has 0 aromatic carbocycles. The van der Waals surface area contributed by atoms with Gasteiger partial charge in [-0.1, -0.05) is 64.2 Å². The van der Waals surface area contributed by atoms with Gasteiger partial charge in [0, 0.05) is 12.3 Å². The molecule has 0 heterocycles. The van der Waals surface area contributed by atoms with E-state index in [4.69, 9.17) is 0 Å². The van der Waals surface area contributed by atoms with Crippen molar-refractivity contribution in [2.45, 2.75) is 111 Å². The number of hydrogen-bond acceptors (Lipinski definition) is 4. The van der Waals surface area contributed by atoms with E-state index in [0.29, 0.717) is 29.7 Å². The van der Waals surface area contributed by atoms with E-state index in [1.807, 2.05) is 0 Å². The normalized spacial score (nSPS) is 40.0. The van der Waals surface area contributed by atoms with Gasteiger partial charge in [-0.3, -0.25) is 9.59 Å². The zero-order chi connectivity index (χ0) is 27.1. The molecule has 2 saturated carbocycles. The van der Waals surface area contributed by atoms with Crippen molar-refractivity contribution in [3.63, 3.8) is 0 Å². The smallest absolute Gasteiger partial charge is 0.308 e. The molecule has 2 fully saturated rings. The molecule has 5 unspecified atom stereocenters. The number of hydrogen-bond donors (Lipinski definition) is 4. The molecule has 4 rings (SSSR count). The van der Waals surface area contributed by atoms with Gasteiger partial charge >= 0.3 is 11.9 Å². The molecule has 0 aromatic rings. The van der Waals surface area contributed by atoms with Crippen LogP contribution in [0, 0.1) is 46.8 Å². The van der Waals surface area contributed by atoms with Gasteiger partial charge in [-0.05, 0) is 79.6 Å². The number of aliphatic carboxylic acids is 2. The average molecular weight is 517 g/mol. The molecule has 208 valence electrons. The van der Waals surface area contributed by atoms with E-state index in [0.717, 1.165) is 30.8 Å². The summed E-state index contributed by atoms with van der Waals surface area (Å²) in [6.45, 7) is 9.42. The van der Waals surface area contributed by atoms with Gasteiger partial charge in [0.2, 0.25) is 0 Å². The Kier molecular flexibility index (Phi) is 8.59. The van der Waals surface area contributed by atoms with Crippen LogP contribution in [0.3, 0.4) is 0 Å². The first-order valence-corrected chi connectivity index (χ1v) is 14.7. The third-order valence-electron chi connectivity index (χ3n) is 10.6. The highest BCUT2D eigenvalue weighted by molar-refractivity contribution is 5.82. The highest BCUT2D eigenvalue weighted by atomic mass is 16.4. The largest absolute Gasteiger partial charge is 0.481 e. The second kappa shape index (κ2) is 11.2. The summed E-state index contributed by atoms with van der Waals surface area (Å²) >= 11 is 0. The summed E-state index contributed by atoms with van der Waals surface area (Å²) in [7, 11) is 0. The molecule has 9 atom stereocenters. The minimum absolute atomic E-state index is 0.0479. The third kappa shape index (κ3) is 5.56. The van der Waals surface area contributed by atoms with Crippen molar-refractivity contribution in [1.29, 1.82) is 0 Å². The fourth-order valence-electron chi connectivity index (χ4n) is 8.80. The van der Waals surface area contributed by atoms with Crippen LogP contribution >= 0.6 is 0 Å². The molecule has 4 aliphatic rings. The fraction of sp³-hybridized carbons (Fsp3) is 0.806. The number of fused-ring (bicyclic) bond motifs is 1.